The van der Waals surface area contributed by atoms with Crippen molar-refractivity contribution < 1.29 is 18.3 Å². The number of rotatable bonds is 4. The fraction of sp³-hybridized carbons (Fsp3) is 0.0500. The summed E-state index contributed by atoms with van der Waals surface area (Å²) in [6.45, 7) is 0. The van der Waals surface area contributed by atoms with Gasteiger partial charge in [0.25, 0.3) is 5.91 Å². The van der Waals surface area contributed by atoms with E-state index in [0.29, 0.717) is 23.3 Å². The number of hydrogen-bond acceptors (Lipinski definition) is 2. The van der Waals surface area contributed by atoms with Crippen molar-refractivity contribution in [2.24, 2.45) is 0 Å². The first kappa shape index (κ1) is 16.6. The maximum absolute atomic E-state index is 13.8. The van der Waals surface area contributed by atoms with Crippen molar-refractivity contribution in [1.82, 2.24) is 0 Å². The van der Waals surface area contributed by atoms with Crippen LogP contribution in [0.1, 0.15) is 10.4 Å². The molecule has 3 rings (SSSR count). The maximum Gasteiger partial charge on any atom is 0.260 e. The van der Waals surface area contributed by atoms with Crippen molar-refractivity contribution in [3.63, 3.8) is 0 Å². The molecule has 3 nitrogen and oxygen atoms in total. The predicted molar refractivity (Wildman–Crippen MR) is 92.0 cm³/mol. The summed E-state index contributed by atoms with van der Waals surface area (Å²) in [4.78, 5) is 13.7. The minimum Gasteiger partial charge on any atom is -0.457 e. The molecule has 0 aliphatic rings. The van der Waals surface area contributed by atoms with Crippen LogP contribution in [-0.4, -0.2) is 13.0 Å². The largest absolute Gasteiger partial charge is 0.457 e. The Kier molecular flexibility index (Phi) is 4.75. The first-order valence-electron chi connectivity index (χ1n) is 7.60. The second kappa shape index (κ2) is 7.13. The number of amides is 1. The van der Waals surface area contributed by atoms with E-state index in [1.54, 1.807) is 24.3 Å². The van der Waals surface area contributed by atoms with Gasteiger partial charge in [0, 0.05) is 18.8 Å². The molecule has 25 heavy (non-hydrogen) atoms. The van der Waals surface area contributed by atoms with E-state index in [4.69, 9.17) is 4.74 Å². The third-order valence-electron chi connectivity index (χ3n) is 3.67. The molecule has 0 unspecified atom stereocenters. The Morgan fingerprint density at radius 2 is 1.52 bits per heavy atom. The normalized spacial score (nSPS) is 10.4. The summed E-state index contributed by atoms with van der Waals surface area (Å²) in [5.74, 6) is -0.856. The molecule has 0 heterocycles. The van der Waals surface area contributed by atoms with Gasteiger partial charge in [-0.2, -0.15) is 0 Å². The summed E-state index contributed by atoms with van der Waals surface area (Å²) >= 11 is 0. The molecule has 0 spiro atoms. The lowest BCUT2D eigenvalue weighted by molar-refractivity contribution is 0.0989. The third-order valence-corrected chi connectivity index (χ3v) is 3.67. The van der Waals surface area contributed by atoms with E-state index in [9.17, 15) is 13.6 Å². The molecule has 1 amide bonds. The van der Waals surface area contributed by atoms with Crippen molar-refractivity contribution in [3.05, 3.63) is 90.0 Å². The lowest BCUT2D eigenvalue weighted by Crippen LogP contribution is -2.27. The summed E-state index contributed by atoms with van der Waals surface area (Å²) in [7, 11) is 1.53. The molecule has 0 saturated carbocycles. The van der Waals surface area contributed by atoms with Crippen molar-refractivity contribution in [2.45, 2.75) is 0 Å². The van der Waals surface area contributed by atoms with Crippen molar-refractivity contribution >= 4 is 11.6 Å². The van der Waals surface area contributed by atoms with Crippen LogP contribution < -0.4 is 9.64 Å². The molecule has 5 heteroatoms. The van der Waals surface area contributed by atoms with Crippen LogP contribution in [0.4, 0.5) is 14.5 Å². The zero-order valence-electron chi connectivity index (χ0n) is 13.4. The lowest BCUT2D eigenvalue weighted by atomic mass is 10.1. The highest BCUT2D eigenvalue weighted by molar-refractivity contribution is 6.05. The van der Waals surface area contributed by atoms with Gasteiger partial charge in [0.2, 0.25) is 0 Å². The molecule has 0 aliphatic heterocycles. The van der Waals surface area contributed by atoms with Crippen molar-refractivity contribution in [2.75, 3.05) is 11.9 Å². The van der Waals surface area contributed by atoms with E-state index in [2.05, 4.69) is 0 Å². The molecule has 0 aliphatic carbocycles. The fourth-order valence-corrected chi connectivity index (χ4v) is 2.32. The van der Waals surface area contributed by atoms with Crippen LogP contribution in [0.3, 0.4) is 0 Å². The van der Waals surface area contributed by atoms with Gasteiger partial charge in [-0.1, -0.05) is 18.2 Å². The number of nitrogens with zero attached hydrogens (tertiary/aromatic N) is 1. The molecule has 0 N–H and O–H groups in total. The quantitative estimate of drug-likeness (QED) is 0.667. The average molecular weight is 339 g/mol. The number of halogens is 2. The van der Waals surface area contributed by atoms with Crippen LogP contribution in [0.2, 0.25) is 0 Å². The Bertz CT molecular complexity index is 880. The second-order valence-electron chi connectivity index (χ2n) is 5.40. The van der Waals surface area contributed by atoms with E-state index < -0.39 is 17.5 Å². The number of benzene rings is 3. The molecular formula is C20H15F2NO2. The molecule has 0 radical (unpaired) electrons. The zero-order chi connectivity index (χ0) is 17.8. The summed E-state index contributed by atoms with van der Waals surface area (Å²) in [5.41, 5.74) is 0.377. The SMILES string of the molecule is CN(C(=O)c1ccc(F)cc1F)c1ccc(Oc2ccccc2)cc1. The van der Waals surface area contributed by atoms with Gasteiger partial charge in [0.1, 0.15) is 23.1 Å². The van der Waals surface area contributed by atoms with E-state index >= 15 is 0 Å². The number of carbonyl (C=O) groups excluding carboxylic acids is 1. The van der Waals surface area contributed by atoms with Crippen LogP contribution in [0.25, 0.3) is 0 Å². The molecule has 0 fully saturated rings. The predicted octanol–water partition coefficient (Wildman–Crippen LogP) is 5.03. The maximum atomic E-state index is 13.8. The Morgan fingerprint density at radius 3 is 2.16 bits per heavy atom. The minimum absolute atomic E-state index is 0.187. The molecule has 0 aromatic heterocycles. The van der Waals surface area contributed by atoms with E-state index in [0.717, 1.165) is 12.1 Å². The van der Waals surface area contributed by atoms with Crippen molar-refractivity contribution in [1.29, 1.82) is 0 Å². The Labute approximate surface area is 144 Å². The van der Waals surface area contributed by atoms with Crippen LogP contribution in [0.5, 0.6) is 11.5 Å². The van der Waals surface area contributed by atoms with Crippen LogP contribution in [-0.2, 0) is 0 Å². The van der Waals surface area contributed by atoms with Gasteiger partial charge < -0.3 is 9.64 Å². The number of para-hydroxylation sites is 1. The molecule has 126 valence electrons. The fourth-order valence-electron chi connectivity index (χ4n) is 2.32. The first-order chi connectivity index (χ1) is 12.0. The van der Waals surface area contributed by atoms with E-state index in [1.165, 1.54) is 11.9 Å². The highest BCUT2D eigenvalue weighted by atomic mass is 19.1. The van der Waals surface area contributed by atoms with Gasteiger partial charge in [0.05, 0.1) is 5.56 Å². The standard InChI is InChI=1S/C20H15F2NO2/c1-23(20(24)18-12-7-14(21)13-19(18)22)15-8-10-17(11-9-15)25-16-5-3-2-4-6-16/h2-13H,1H3. The number of anilines is 1. The summed E-state index contributed by atoms with van der Waals surface area (Å²) in [6.07, 6.45) is 0. The molecular weight excluding hydrogens is 324 g/mol. The monoisotopic (exact) mass is 339 g/mol. The van der Waals surface area contributed by atoms with Crippen LogP contribution >= 0.6 is 0 Å². The van der Waals surface area contributed by atoms with Crippen molar-refractivity contribution in [3.8, 4) is 11.5 Å². The number of carbonyl (C=O) groups is 1. The topological polar surface area (TPSA) is 29.5 Å². The highest BCUT2D eigenvalue weighted by Gasteiger charge is 2.18. The molecule has 0 saturated heterocycles. The Morgan fingerprint density at radius 1 is 0.880 bits per heavy atom. The summed E-state index contributed by atoms with van der Waals surface area (Å²) in [6, 6.07) is 19.0. The Balaban J connectivity index is 1.76. The number of hydrogen-bond donors (Lipinski definition) is 0. The van der Waals surface area contributed by atoms with E-state index in [-0.39, 0.29) is 5.56 Å². The molecule has 3 aromatic rings. The van der Waals surface area contributed by atoms with Gasteiger partial charge >= 0.3 is 0 Å². The average Bonchev–Trinajstić information content (AvgIpc) is 2.62. The third kappa shape index (κ3) is 3.83. The highest BCUT2D eigenvalue weighted by Crippen LogP contribution is 2.25. The van der Waals surface area contributed by atoms with Gasteiger partial charge in [0.15, 0.2) is 0 Å². The second-order valence-corrected chi connectivity index (χ2v) is 5.40. The Hall–Kier alpha value is -3.21. The van der Waals surface area contributed by atoms with Crippen LogP contribution in [0, 0.1) is 11.6 Å². The van der Waals surface area contributed by atoms with Gasteiger partial charge in [-0.05, 0) is 48.5 Å². The summed E-state index contributed by atoms with van der Waals surface area (Å²) in [5, 5.41) is 0. The molecule has 0 atom stereocenters. The summed E-state index contributed by atoms with van der Waals surface area (Å²) < 4.78 is 32.4. The zero-order valence-corrected chi connectivity index (χ0v) is 13.4. The molecule has 0 bridgehead atoms. The first-order valence-corrected chi connectivity index (χ1v) is 7.60. The lowest BCUT2D eigenvalue weighted by Gasteiger charge is -2.18. The van der Waals surface area contributed by atoms with Gasteiger partial charge in [-0.3, -0.25) is 4.79 Å². The van der Waals surface area contributed by atoms with Gasteiger partial charge in [-0.25, -0.2) is 8.78 Å². The smallest absolute Gasteiger partial charge is 0.260 e. The molecule has 3 aromatic carbocycles. The van der Waals surface area contributed by atoms with E-state index in [1.807, 2.05) is 30.3 Å². The minimum atomic E-state index is -0.888. The number of ether oxygens (including phenoxy) is 1. The van der Waals surface area contributed by atoms with Gasteiger partial charge in [-0.15, -0.1) is 0 Å². The van der Waals surface area contributed by atoms with Crippen LogP contribution in [0.15, 0.2) is 72.8 Å².